The molecule has 26 heavy (non-hydrogen) atoms. The smallest absolute Gasteiger partial charge is 0.338 e. The molecule has 0 fully saturated rings. The van der Waals surface area contributed by atoms with Crippen LogP contribution in [0, 0.1) is 0 Å². The third-order valence-corrected chi connectivity index (χ3v) is 3.54. The Kier molecular flexibility index (Phi) is 5.48. The lowest BCUT2D eigenvalue weighted by molar-refractivity contribution is 0.0526. The first-order valence-electron chi connectivity index (χ1n) is 8.06. The van der Waals surface area contributed by atoms with Crippen LogP contribution in [0.5, 0.6) is 11.5 Å². The van der Waals surface area contributed by atoms with E-state index in [0.717, 1.165) is 11.3 Å². The van der Waals surface area contributed by atoms with Gasteiger partial charge in [0.15, 0.2) is 6.61 Å². The van der Waals surface area contributed by atoms with Crippen LogP contribution in [0.15, 0.2) is 53.1 Å². The molecule has 0 amide bonds. The van der Waals surface area contributed by atoms with Crippen LogP contribution in [0.25, 0.3) is 11.5 Å². The maximum absolute atomic E-state index is 11.6. The Hall–Kier alpha value is -3.35. The van der Waals surface area contributed by atoms with Crippen molar-refractivity contribution in [1.29, 1.82) is 0 Å². The molecule has 0 bridgehead atoms. The van der Waals surface area contributed by atoms with Gasteiger partial charge in [0.25, 0.3) is 5.89 Å². The molecule has 3 rings (SSSR count). The predicted molar refractivity (Wildman–Crippen MR) is 93.0 cm³/mol. The first-order valence-corrected chi connectivity index (χ1v) is 8.06. The molecule has 1 heterocycles. The van der Waals surface area contributed by atoms with Crippen LogP contribution >= 0.6 is 0 Å². The number of benzene rings is 2. The van der Waals surface area contributed by atoms with Crippen molar-refractivity contribution in [2.24, 2.45) is 0 Å². The van der Waals surface area contributed by atoms with E-state index in [1.54, 1.807) is 38.3 Å². The van der Waals surface area contributed by atoms with Gasteiger partial charge in [0, 0.05) is 5.56 Å². The van der Waals surface area contributed by atoms with E-state index in [9.17, 15) is 4.79 Å². The lowest BCUT2D eigenvalue weighted by atomic mass is 10.2. The molecule has 0 aliphatic rings. The highest BCUT2D eigenvalue weighted by molar-refractivity contribution is 5.89. The van der Waals surface area contributed by atoms with Crippen molar-refractivity contribution in [2.45, 2.75) is 13.5 Å². The highest BCUT2D eigenvalue weighted by Crippen LogP contribution is 2.21. The van der Waals surface area contributed by atoms with E-state index < -0.39 is 0 Å². The molecular formula is C19H18N2O5. The first kappa shape index (κ1) is 17.5. The molecule has 0 spiro atoms. The summed E-state index contributed by atoms with van der Waals surface area (Å²) in [5, 5.41) is 3.90. The molecule has 0 saturated carbocycles. The van der Waals surface area contributed by atoms with Crippen molar-refractivity contribution in [2.75, 3.05) is 13.7 Å². The molecule has 7 nitrogen and oxygen atoms in total. The molecule has 134 valence electrons. The van der Waals surface area contributed by atoms with Gasteiger partial charge >= 0.3 is 5.97 Å². The molecule has 0 atom stereocenters. The maximum atomic E-state index is 11.6. The topological polar surface area (TPSA) is 83.7 Å². The summed E-state index contributed by atoms with van der Waals surface area (Å²) < 4.78 is 20.9. The molecule has 3 aromatic rings. The molecule has 0 aliphatic heterocycles. The zero-order valence-electron chi connectivity index (χ0n) is 14.5. The second-order valence-electron chi connectivity index (χ2n) is 5.28. The Morgan fingerprint density at radius 1 is 1.04 bits per heavy atom. The predicted octanol–water partition coefficient (Wildman–Crippen LogP) is 3.50. The van der Waals surface area contributed by atoms with Gasteiger partial charge in [-0.1, -0.05) is 5.16 Å². The van der Waals surface area contributed by atoms with E-state index in [1.807, 2.05) is 24.3 Å². The Morgan fingerprint density at radius 2 is 1.73 bits per heavy atom. The number of carbonyl (C=O) groups is 1. The number of rotatable bonds is 7. The average molecular weight is 354 g/mol. The van der Waals surface area contributed by atoms with Crippen LogP contribution in [-0.2, 0) is 11.3 Å². The first-order chi connectivity index (χ1) is 12.7. The minimum absolute atomic E-state index is 0.151. The van der Waals surface area contributed by atoms with E-state index in [2.05, 4.69) is 10.1 Å². The van der Waals surface area contributed by atoms with Crippen molar-refractivity contribution in [3.63, 3.8) is 0 Å². The minimum atomic E-state index is -0.360. The molecule has 0 unspecified atom stereocenters. The molecule has 7 heteroatoms. The van der Waals surface area contributed by atoms with Gasteiger partial charge in [-0.3, -0.25) is 0 Å². The van der Waals surface area contributed by atoms with Gasteiger partial charge in [-0.25, -0.2) is 4.79 Å². The average Bonchev–Trinajstić information content (AvgIpc) is 3.16. The number of esters is 1. The van der Waals surface area contributed by atoms with Gasteiger partial charge in [0.05, 0.1) is 19.3 Å². The fourth-order valence-electron chi connectivity index (χ4n) is 2.21. The Morgan fingerprint density at radius 3 is 2.38 bits per heavy atom. The van der Waals surface area contributed by atoms with E-state index in [-0.39, 0.29) is 12.6 Å². The molecule has 0 radical (unpaired) electrons. The summed E-state index contributed by atoms with van der Waals surface area (Å²) in [5.74, 6) is 1.81. The van der Waals surface area contributed by atoms with Crippen molar-refractivity contribution in [3.05, 3.63) is 59.9 Å². The van der Waals surface area contributed by atoms with Gasteiger partial charge in [0.2, 0.25) is 5.82 Å². The van der Waals surface area contributed by atoms with E-state index >= 15 is 0 Å². The van der Waals surface area contributed by atoms with Gasteiger partial charge in [-0.15, -0.1) is 0 Å². The fourth-order valence-corrected chi connectivity index (χ4v) is 2.21. The Bertz CT molecular complexity index is 856. The zero-order chi connectivity index (χ0) is 18.4. The number of nitrogens with zero attached hydrogens (tertiary/aromatic N) is 2. The van der Waals surface area contributed by atoms with Crippen molar-refractivity contribution in [3.8, 4) is 23.0 Å². The van der Waals surface area contributed by atoms with E-state index in [0.29, 0.717) is 29.6 Å². The van der Waals surface area contributed by atoms with Crippen LogP contribution in [-0.4, -0.2) is 29.8 Å². The molecular weight excluding hydrogens is 336 g/mol. The fraction of sp³-hybridized carbons (Fsp3) is 0.211. The number of hydrogen-bond donors (Lipinski definition) is 0. The van der Waals surface area contributed by atoms with Gasteiger partial charge < -0.3 is 18.7 Å². The summed E-state index contributed by atoms with van der Waals surface area (Å²) in [5.41, 5.74) is 1.27. The van der Waals surface area contributed by atoms with Crippen LogP contribution in [0.1, 0.15) is 23.1 Å². The molecule has 0 aliphatic carbocycles. The Labute approximate surface area is 150 Å². The Balaban J connectivity index is 1.60. The lowest BCUT2D eigenvalue weighted by Gasteiger charge is -2.05. The highest BCUT2D eigenvalue weighted by atomic mass is 16.5. The number of ether oxygens (including phenoxy) is 3. The summed E-state index contributed by atoms with van der Waals surface area (Å²) >= 11 is 0. The summed E-state index contributed by atoms with van der Waals surface area (Å²) in [6.45, 7) is 2.25. The van der Waals surface area contributed by atoms with Crippen molar-refractivity contribution >= 4 is 5.97 Å². The van der Waals surface area contributed by atoms with Crippen LogP contribution in [0.3, 0.4) is 0 Å². The second kappa shape index (κ2) is 8.15. The van der Waals surface area contributed by atoms with Crippen LogP contribution < -0.4 is 9.47 Å². The number of methoxy groups -OCH3 is 1. The maximum Gasteiger partial charge on any atom is 0.338 e. The van der Waals surface area contributed by atoms with E-state index in [4.69, 9.17) is 18.7 Å². The molecule has 0 N–H and O–H groups in total. The molecule has 2 aromatic carbocycles. The van der Waals surface area contributed by atoms with Crippen molar-refractivity contribution < 1.29 is 23.5 Å². The number of carbonyl (C=O) groups excluding carboxylic acids is 1. The van der Waals surface area contributed by atoms with Gasteiger partial charge in [-0.05, 0) is 55.5 Å². The summed E-state index contributed by atoms with van der Waals surface area (Å²) in [6.07, 6.45) is 0. The number of aromatic nitrogens is 2. The summed E-state index contributed by atoms with van der Waals surface area (Å²) in [6, 6.07) is 14.0. The minimum Gasteiger partial charge on any atom is -0.497 e. The summed E-state index contributed by atoms with van der Waals surface area (Å²) in [7, 11) is 1.61. The number of hydrogen-bond acceptors (Lipinski definition) is 7. The quantitative estimate of drug-likeness (QED) is 0.600. The standard InChI is InChI=1S/C19H18N2O5/c1-3-24-19(22)14-6-10-16(11-7-14)25-12-17-20-18(26-21-17)13-4-8-15(23-2)9-5-13/h4-11H,3,12H2,1-2H3. The second-order valence-corrected chi connectivity index (χ2v) is 5.28. The van der Waals surface area contributed by atoms with Crippen LogP contribution in [0.2, 0.25) is 0 Å². The van der Waals surface area contributed by atoms with Crippen LogP contribution in [0.4, 0.5) is 0 Å². The molecule has 1 aromatic heterocycles. The third kappa shape index (κ3) is 4.18. The zero-order valence-corrected chi connectivity index (χ0v) is 14.5. The lowest BCUT2D eigenvalue weighted by Crippen LogP contribution is -2.04. The van der Waals surface area contributed by atoms with Crippen molar-refractivity contribution in [1.82, 2.24) is 10.1 Å². The largest absolute Gasteiger partial charge is 0.497 e. The monoisotopic (exact) mass is 354 g/mol. The SMILES string of the molecule is CCOC(=O)c1ccc(OCc2noc(-c3ccc(OC)cc3)n2)cc1. The van der Waals surface area contributed by atoms with Gasteiger partial charge in [0.1, 0.15) is 11.5 Å². The highest BCUT2D eigenvalue weighted by Gasteiger charge is 2.10. The normalized spacial score (nSPS) is 10.4. The van der Waals surface area contributed by atoms with E-state index in [1.165, 1.54) is 0 Å². The third-order valence-electron chi connectivity index (χ3n) is 3.54. The molecule has 0 saturated heterocycles. The van der Waals surface area contributed by atoms with Gasteiger partial charge in [-0.2, -0.15) is 4.98 Å². The summed E-state index contributed by atoms with van der Waals surface area (Å²) in [4.78, 5) is 15.9.